The number of hydrogen-bond acceptors (Lipinski definition) is 8. The van der Waals surface area contributed by atoms with Gasteiger partial charge in [0.1, 0.15) is 0 Å². The van der Waals surface area contributed by atoms with Crippen LogP contribution in [0.1, 0.15) is 19.8 Å². The standard InChI is InChI=1S/C18H18F2N6O2S2/c1-10(30-18-23-24-25-26(18)8-12-3-2-6-28-12)16(27)22-17-21-15(9-29-17)11-4-5-13(19)14(20)7-11/h4-5,7,9-10,12H,2-3,6,8H2,1H3,(H,21,22,27)/t10-,12+/m1/s1. The Morgan fingerprint density at radius 3 is 3.07 bits per heavy atom. The number of thioether (sulfide) groups is 1. The Bertz CT molecular complexity index is 1040. The molecule has 1 N–H and O–H groups in total. The highest BCUT2D eigenvalue weighted by atomic mass is 32.2. The largest absolute Gasteiger partial charge is 0.376 e. The number of aromatic nitrogens is 5. The summed E-state index contributed by atoms with van der Waals surface area (Å²) < 4.78 is 33.8. The van der Waals surface area contributed by atoms with Crippen LogP contribution in [0.5, 0.6) is 0 Å². The number of anilines is 1. The third kappa shape index (κ3) is 4.82. The maximum absolute atomic E-state index is 13.4. The minimum Gasteiger partial charge on any atom is -0.376 e. The van der Waals surface area contributed by atoms with Gasteiger partial charge in [-0.15, -0.1) is 16.4 Å². The molecule has 2 aromatic heterocycles. The van der Waals surface area contributed by atoms with Crippen molar-refractivity contribution in [2.24, 2.45) is 0 Å². The molecule has 1 amide bonds. The highest BCUT2D eigenvalue weighted by molar-refractivity contribution is 8.00. The van der Waals surface area contributed by atoms with Crippen molar-refractivity contribution >= 4 is 34.1 Å². The Morgan fingerprint density at radius 2 is 2.30 bits per heavy atom. The second kappa shape index (κ2) is 9.14. The molecule has 1 aromatic carbocycles. The minimum atomic E-state index is -0.947. The van der Waals surface area contributed by atoms with Gasteiger partial charge in [0.25, 0.3) is 0 Å². The Hall–Kier alpha value is -2.44. The summed E-state index contributed by atoms with van der Waals surface area (Å²) >= 11 is 2.44. The zero-order valence-electron chi connectivity index (χ0n) is 15.9. The van der Waals surface area contributed by atoms with Crippen molar-refractivity contribution in [3.63, 3.8) is 0 Å². The molecule has 0 spiro atoms. The predicted octanol–water partition coefficient (Wildman–Crippen LogP) is 3.37. The first kappa shape index (κ1) is 20.8. The van der Waals surface area contributed by atoms with Gasteiger partial charge >= 0.3 is 0 Å². The summed E-state index contributed by atoms with van der Waals surface area (Å²) in [7, 11) is 0. The van der Waals surface area contributed by atoms with Crippen LogP contribution in [0.3, 0.4) is 0 Å². The second-order valence-corrected chi connectivity index (χ2v) is 8.86. The number of carbonyl (C=O) groups is 1. The first-order chi connectivity index (χ1) is 14.5. The van der Waals surface area contributed by atoms with E-state index in [2.05, 4.69) is 25.8 Å². The van der Waals surface area contributed by atoms with E-state index in [1.165, 1.54) is 29.2 Å². The van der Waals surface area contributed by atoms with E-state index in [0.29, 0.717) is 28.1 Å². The Labute approximate surface area is 179 Å². The van der Waals surface area contributed by atoms with E-state index in [9.17, 15) is 13.6 Å². The number of tetrazole rings is 1. The van der Waals surface area contributed by atoms with Gasteiger partial charge in [-0.2, -0.15) is 0 Å². The molecule has 0 unspecified atom stereocenters. The van der Waals surface area contributed by atoms with Crippen LogP contribution in [-0.4, -0.2) is 49.1 Å². The molecule has 1 fully saturated rings. The van der Waals surface area contributed by atoms with E-state index < -0.39 is 16.9 Å². The van der Waals surface area contributed by atoms with E-state index >= 15 is 0 Å². The summed E-state index contributed by atoms with van der Waals surface area (Å²) in [5.74, 6) is -2.13. The van der Waals surface area contributed by atoms with Crippen LogP contribution in [0.25, 0.3) is 11.3 Å². The average Bonchev–Trinajstić information content (AvgIpc) is 3.48. The van der Waals surface area contributed by atoms with Gasteiger partial charge in [-0.1, -0.05) is 11.8 Å². The van der Waals surface area contributed by atoms with Crippen LogP contribution in [0, 0.1) is 11.6 Å². The van der Waals surface area contributed by atoms with Gasteiger partial charge in [-0.25, -0.2) is 18.4 Å². The van der Waals surface area contributed by atoms with Crippen LogP contribution in [0.2, 0.25) is 0 Å². The molecule has 0 saturated carbocycles. The molecular formula is C18H18F2N6O2S2. The number of benzene rings is 1. The number of nitrogens with zero attached hydrogens (tertiary/aromatic N) is 5. The number of carbonyl (C=O) groups excluding carboxylic acids is 1. The first-order valence-electron chi connectivity index (χ1n) is 9.26. The number of amides is 1. The van der Waals surface area contributed by atoms with Gasteiger partial charge in [-0.3, -0.25) is 4.79 Å². The maximum atomic E-state index is 13.4. The molecule has 0 bridgehead atoms. The van der Waals surface area contributed by atoms with Crippen molar-refractivity contribution in [1.82, 2.24) is 25.2 Å². The Balaban J connectivity index is 1.37. The number of hydrogen-bond donors (Lipinski definition) is 1. The third-order valence-electron chi connectivity index (χ3n) is 4.50. The molecule has 0 aliphatic carbocycles. The average molecular weight is 453 g/mol. The van der Waals surface area contributed by atoms with Crippen LogP contribution in [0.4, 0.5) is 13.9 Å². The van der Waals surface area contributed by atoms with Gasteiger partial charge in [0, 0.05) is 17.6 Å². The molecule has 1 aliphatic rings. The lowest BCUT2D eigenvalue weighted by molar-refractivity contribution is -0.115. The molecule has 3 heterocycles. The molecule has 4 rings (SSSR count). The molecule has 0 radical (unpaired) electrons. The normalized spacial score (nSPS) is 17.2. The van der Waals surface area contributed by atoms with Gasteiger partial charge in [0.15, 0.2) is 16.8 Å². The monoisotopic (exact) mass is 452 g/mol. The van der Waals surface area contributed by atoms with E-state index in [1.807, 2.05) is 0 Å². The van der Waals surface area contributed by atoms with Gasteiger partial charge in [0.05, 0.1) is 23.6 Å². The summed E-state index contributed by atoms with van der Waals surface area (Å²) in [6.45, 7) is 3.04. The molecule has 30 heavy (non-hydrogen) atoms. The summed E-state index contributed by atoms with van der Waals surface area (Å²) in [4.78, 5) is 16.8. The van der Waals surface area contributed by atoms with Crippen molar-refractivity contribution in [2.75, 3.05) is 11.9 Å². The molecule has 12 heteroatoms. The SMILES string of the molecule is C[C@@H](Sc1nnnn1C[C@@H]1CCCO1)C(=O)Nc1nc(-c2ccc(F)c(F)c2)cs1. The van der Waals surface area contributed by atoms with Crippen LogP contribution >= 0.6 is 23.1 Å². The van der Waals surface area contributed by atoms with E-state index in [-0.39, 0.29) is 12.0 Å². The number of halogens is 2. The third-order valence-corrected chi connectivity index (χ3v) is 6.33. The van der Waals surface area contributed by atoms with E-state index in [1.54, 1.807) is 17.0 Å². The highest BCUT2D eigenvalue weighted by Gasteiger charge is 2.23. The van der Waals surface area contributed by atoms with Crippen molar-refractivity contribution in [3.05, 3.63) is 35.2 Å². The summed E-state index contributed by atoms with van der Waals surface area (Å²) in [6.07, 6.45) is 2.07. The number of rotatable bonds is 7. The zero-order chi connectivity index (χ0) is 21.1. The van der Waals surface area contributed by atoms with Crippen LogP contribution in [-0.2, 0) is 16.1 Å². The van der Waals surface area contributed by atoms with E-state index in [4.69, 9.17) is 4.74 Å². The quantitative estimate of drug-likeness (QED) is 0.549. The van der Waals surface area contributed by atoms with Gasteiger partial charge in [0.2, 0.25) is 11.1 Å². The fraction of sp³-hybridized carbons (Fsp3) is 0.389. The fourth-order valence-corrected chi connectivity index (χ4v) is 4.44. The fourth-order valence-electron chi connectivity index (χ4n) is 2.91. The Kier molecular flexibility index (Phi) is 6.35. The lowest BCUT2D eigenvalue weighted by Gasteiger charge is -2.12. The zero-order valence-corrected chi connectivity index (χ0v) is 17.6. The van der Waals surface area contributed by atoms with Gasteiger partial charge < -0.3 is 10.1 Å². The van der Waals surface area contributed by atoms with Crippen molar-refractivity contribution < 1.29 is 18.3 Å². The summed E-state index contributed by atoms with van der Waals surface area (Å²) in [6, 6.07) is 3.55. The van der Waals surface area contributed by atoms with Crippen LogP contribution in [0.15, 0.2) is 28.7 Å². The van der Waals surface area contributed by atoms with Crippen molar-refractivity contribution in [3.8, 4) is 11.3 Å². The lowest BCUT2D eigenvalue weighted by atomic mass is 10.2. The molecule has 3 aromatic rings. The summed E-state index contributed by atoms with van der Waals surface area (Å²) in [5, 5.41) is 16.5. The molecular weight excluding hydrogens is 434 g/mol. The van der Waals surface area contributed by atoms with E-state index in [0.717, 1.165) is 31.6 Å². The molecule has 1 saturated heterocycles. The number of nitrogens with one attached hydrogen (secondary N) is 1. The smallest absolute Gasteiger partial charge is 0.239 e. The number of thiazole rings is 1. The second-order valence-electron chi connectivity index (χ2n) is 6.69. The maximum Gasteiger partial charge on any atom is 0.239 e. The number of ether oxygens (including phenoxy) is 1. The molecule has 2 atom stereocenters. The molecule has 1 aliphatic heterocycles. The highest BCUT2D eigenvalue weighted by Crippen LogP contribution is 2.28. The Morgan fingerprint density at radius 1 is 1.43 bits per heavy atom. The topological polar surface area (TPSA) is 94.8 Å². The summed E-state index contributed by atoms with van der Waals surface area (Å²) in [5.41, 5.74) is 0.886. The molecule has 158 valence electrons. The minimum absolute atomic E-state index is 0.0852. The molecule has 8 nitrogen and oxygen atoms in total. The van der Waals surface area contributed by atoms with Crippen LogP contribution < -0.4 is 5.32 Å². The van der Waals surface area contributed by atoms with Crippen molar-refractivity contribution in [1.29, 1.82) is 0 Å². The van der Waals surface area contributed by atoms with Crippen molar-refractivity contribution in [2.45, 2.75) is 42.8 Å². The van der Waals surface area contributed by atoms with Gasteiger partial charge in [-0.05, 0) is 48.4 Å². The first-order valence-corrected chi connectivity index (χ1v) is 11.0. The lowest BCUT2D eigenvalue weighted by Crippen LogP contribution is -2.23. The predicted molar refractivity (Wildman–Crippen MR) is 108 cm³/mol.